The normalized spacial score (nSPS) is 18.9. The fraction of sp³-hybridized carbons (Fsp3) is 0.500. The zero-order chi connectivity index (χ0) is 11.8. The highest BCUT2D eigenvalue weighted by Crippen LogP contribution is 2.42. The first-order valence-electron chi connectivity index (χ1n) is 5.48. The summed E-state index contributed by atoms with van der Waals surface area (Å²) in [7, 11) is 0. The molecule has 2 rings (SSSR count). The van der Waals surface area contributed by atoms with E-state index < -0.39 is 5.82 Å². The molecule has 16 heavy (non-hydrogen) atoms. The van der Waals surface area contributed by atoms with E-state index in [2.05, 4.69) is 15.9 Å². The van der Waals surface area contributed by atoms with Gasteiger partial charge in [-0.15, -0.1) is 0 Å². The van der Waals surface area contributed by atoms with Crippen LogP contribution in [-0.2, 0) is 5.41 Å². The summed E-state index contributed by atoms with van der Waals surface area (Å²) in [5.74, 6) is -0.905. The number of phenolic OH excluding ortho intramolecular Hbond substituents is 1. The van der Waals surface area contributed by atoms with Crippen molar-refractivity contribution in [1.82, 2.24) is 0 Å². The van der Waals surface area contributed by atoms with E-state index in [4.69, 9.17) is 5.73 Å². The molecule has 0 unspecified atom stereocenters. The van der Waals surface area contributed by atoms with Crippen LogP contribution >= 0.6 is 15.9 Å². The van der Waals surface area contributed by atoms with Crippen LogP contribution in [0.5, 0.6) is 5.75 Å². The van der Waals surface area contributed by atoms with Crippen molar-refractivity contribution >= 4 is 15.9 Å². The smallest absolute Gasteiger partial charge is 0.178 e. The Morgan fingerprint density at radius 1 is 1.38 bits per heavy atom. The van der Waals surface area contributed by atoms with Crippen molar-refractivity contribution in [3.05, 3.63) is 28.0 Å². The molecule has 4 heteroatoms. The topological polar surface area (TPSA) is 46.2 Å². The van der Waals surface area contributed by atoms with Crippen LogP contribution in [0.1, 0.15) is 31.2 Å². The number of hydrogen-bond donors (Lipinski definition) is 2. The van der Waals surface area contributed by atoms with Crippen LogP contribution in [0.3, 0.4) is 0 Å². The van der Waals surface area contributed by atoms with Gasteiger partial charge in [0.2, 0.25) is 0 Å². The first-order chi connectivity index (χ1) is 7.59. The largest absolute Gasteiger partial charge is 0.505 e. The van der Waals surface area contributed by atoms with E-state index in [9.17, 15) is 9.50 Å². The quantitative estimate of drug-likeness (QED) is 0.878. The summed E-state index contributed by atoms with van der Waals surface area (Å²) in [6.45, 7) is 0.546. The number of benzene rings is 1. The van der Waals surface area contributed by atoms with E-state index in [-0.39, 0.29) is 11.2 Å². The second-order valence-corrected chi connectivity index (χ2v) is 5.34. The van der Waals surface area contributed by atoms with E-state index in [0.717, 1.165) is 31.2 Å². The average Bonchev–Trinajstić information content (AvgIpc) is 2.75. The third kappa shape index (κ3) is 1.84. The van der Waals surface area contributed by atoms with Gasteiger partial charge >= 0.3 is 0 Å². The summed E-state index contributed by atoms with van der Waals surface area (Å²) < 4.78 is 13.6. The number of nitrogens with two attached hydrogens (primary N) is 1. The van der Waals surface area contributed by atoms with Gasteiger partial charge in [0, 0.05) is 12.0 Å². The van der Waals surface area contributed by atoms with Gasteiger partial charge in [0.25, 0.3) is 0 Å². The molecule has 0 amide bonds. The van der Waals surface area contributed by atoms with Gasteiger partial charge in [-0.05, 0) is 46.5 Å². The van der Waals surface area contributed by atoms with Crippen LogP contribution in [-0.4, -0.2) is 11.7 Å². The zero-order valence-corrected chi connectivity index (χ0v) is 10.6. The third-order valence-corrected chi connectivity index (χ3v) is 4.15. The molecular formula is C12H15BrFNO. The molecule has 1 aromatic rings. The van der Waals surface area contributed by atoms with Gasteiger partial charge in [-0.1, -0.05) is 12.8 Å². The van der Waals surface area contributed by atoms with Crippen LogP contribution in [0.4, 0.5) is 4.39 Å². The molecule has 88 valence electrons. The minimum Gasteiger partial charge on any atom is -0.505 e. The van der Waals surface area contributed by atoms with Gasteiger partial charge in [0.15, 0.2) is 11.6 Å². The molecule has 0 aromatic heterocycles. The monoisotopic (exact) mass is 287 g/mol. The maximum absolute atomic E-state index is 13.3. The van der Waals surface area contributed by atoms with Crippen molar-refractivity contribution in [2.75, 3.05) is 6.54 Å². The molecule has 0 aliphatic heterocycles. The molecule has 0 bridgehead atoms. The molecule has 3 N–H and O–H groups in total. The minimum absolute atomic E-state index is 0.0757. The van der Waals surface area contributed by atoms with Crippen LogP contribution < -0.4 is 5.73 Å². The Hall–Kier alpha value is -0.610. The number of halogens is 2. The lowest BCUT2D eigenvalue weighted by Crippen LogP contribution is -2.32. The Bertz CT molecular complexity index is 379. The fourth-order valence-electron chi connectivity index (χ4n) is 2.54. The summed E-state index contributed by atoms with van der Waals surface area (Å²) >= 11 is 3.12. The maximum Gasteiger partial charge on any atom is 0.178 e. The number of rotatable bonds is 2. The van der Waals surface area contributed by atoms with Gasteiger partial charge in [0.1, 0.15) is 0 Å². The maximum atomic E-state index is 13.3. The second-order valence-electron chi connectivity index (χ2n) is 4.48. The molecule has 0 spiro atoms. The summed E-state index contributed by atoms with van der Waals surface area (Å²) in [5, 5.41) is 9.51. The lowest BCUT2D eigenvalue weighted by Gasteiger charge is -2.28. The van der Waals surface area contributed by atoms with E-state index in [1.165, 1.54) is 6.07 Å². The molecule has 1 aromatic carbocycles. The Morgan fingerprint density at radius 2 is 2.00 bits per heavy atom. The molecule has 0 atom stereocenters. The highest BCUT2D eigenvalue weighted by molar-refractivity contribution is 9.10. The highest BCUT2D eigenvalue weighted by atomic mass is 79.9. The van der Waals surface area contributed by atoms with Crippen molar-refractivity contribution in [2.45, 2.75) is 31.1 Å². The first kappa shape index (κ1) is 11.9. The van der Waals surface area contributed by atoms with E-state index in [1.807, 2.05) is 0 Å². The molecule has 0 saturated heterocycles. The summed E-state index contributed by atoms with van der Waals surface area (Å²) in [6.07, 6.45) is 4.32. The van der Waals surface area contributed by atoms with Crippen molar-refractivity contribution in [1.29, 1.82) is 0 Å². The minimum atomic E-state index is -0.603. The molecule has 2 nitrogen and oxygen atoms in total. The third-order valence-electron chi connectivity index (χ3n) is 3.57. The van der Waals surface area contributed by atoms with Gasteiger partial charge in [-0.3, -0.25) is 0 Å². The molecule has 1 fully saturated rings. The van der Waals surface area contributed by atoms with E-state index in [1.54, 1.807) is 6.07 Å². The first-order valence-corrected chi connectivity index (χ1v) is 6.27. The van der Waals surface area contributed by atoms with Gasteiger partial charge in [0.05, 0.1) is 4.47 Å². The fourth-order valence-corrected chi connectivity index (χ4v) is 2.99. The van der Waals surface area contributed by atoms with E-state index in [0.29, 0.717) is 11.0 Å². The Labute approximate surface area is 103 Å². The van der Waals surface area contributed by atoms with Crippen LogP contribution in [0.2, 0.25) is 0 Å². The predicted molar refractivity (Wildman–Crippen MR) is 65.0 cm³/mol. The zero-order valence-electron chi connectivity index (χ0n) is 8.97. The van der Waals surface area contributed by atoms with Crippen molar-refractivity contribution in [3.63, 3.8) is 0 Å². The Balaban J connectivity index is 2.47. The number of hydrogen-bond acceptors (Lipinski definition) is 2. The van der Waals surface area contributed by atoms with E-state index >= 15 is 0 Å². The molecule has 0 heterocycles. The molecule has 1 aliphatic carbocycles. The molecule has 1 aliphatic rings. The van der Waals surface area contributed by atoms with Crippen LogP contribution in [0.15, 0.2) is 16.6 Å². The Morgan fingerprint density at radius 3 is 2.50 bits per heavy atom. The average molecular weight is 288 g/mol. The summed E-state index contributed by atoms with van der Waals surface area (Å²) in [6, 6.07) is 3.26. The van der Waals surface area contributed by atoms with Gasteiger partial charge < -0.3 is 10.8 Å². The van der Waals surface area contributed by atoms with Crippen molar-refractivity contribution in [3.8, 4) is 5.75 Å². The highest BCUT2D eigenvalue weighted by Gasteiger charge is 2.35. The van der Waals surface area contributed by atoms with Gasteiger partial charge in [-0.2, -0.15) is 0 Å². The molecular weight excluding hydrogens is 273 g/mol. The molecule has 0 radical (unpaired) electrons. The van der Waals surface area contributed by atoms with Crippen LogP contribution in [0.25, 0.3) is 0 Å². The summed E-state index contributed by atoms with van der Waals surface area (Å²) in [4.78, 5) is 0. The Kier molecular flexibility index (Phi) is 3.22. The molecule has 1 saturated carbocycles. The standard InChI is InChI=1S/C12H15BrFNO/c13-9-5-8(6-10(16)11(9)14)12(7-15)3-1-2-4-12/h5-6,16H,1-4,7,15H2. The van der Waals surface area contributed by atoms with Crippen molar-refractivity contribution < 1.29 is 9.50 Å². The lowest BCUT2D eigenvalue weighted by atomic mass is 9.79. The SMILES string of the molecule is NCC1(c2cc(O)c(F)c(Br)c2)CCCC1. The second kappa shape index (κ2) is 4.34. The van der Waals surface area contributed by atoms with Crippen LogP contribution in [0, 0.1) is 5.82 Å². The number of phenols is 1. The predicted octanol–water partition coefficient (Wildman–Crippen LogP) is 3.06. The number of aromatic hydroxyl groups is 1. The summed E-state index contributed by atoms with van der Waals surface area (Å²) in [5.41, 5.74) is 6.72. The lowest BCUT2D eigenvalue weighted by molar-refractivity contribution is 0.416. The van der Waals surface area contributed by atoms with Gasteiger partial charge in [-0.25, -0.2) is 4.39 Å². The van der Waals surface area contributed by atoms with Crippen molar-refractivity contribution in [2.24, 2.45) is 5.73 Å².